The van der Waals surface area contributed by atoms with Gasteiger partial charge in [-0.15, -0.1) is 0 Å². The van der Waals surface area contributed by atoms with Gasteiger partial charge in [-0.25, -0.2) is 14.8 Å². The first-order chi connectivity index (χ1) is 12.7. The number of methoxy groups -OCH3 is 1. The van der Waals surface area contributed by atoms with Crippen molar-refractivity contribution >= 4 is 11.7 Å². The Hall–Kier alpha value is -2.83. The molecule has 1 aromatic carbocycles. The number of hydrogen-bond donors (Lipinski definition) is 1. The van der Waals surface area contributed by atoms with Crippen molar-refractivity contribution in [3.05, 3.63) is 42.2 Å². The number of aromatic nitrogens is 2. The number of ether oxygens (including phenoxy) is 2. The van der Waals surface area contributed by atoms with E-state index in [1.807, 2.05) is 24.3 Å². The maximum absolute atomic E-state index is 12.6. The molecule has 1 unspecified atom stereocenters. The molecule has 1 fully saturated rings. The van der Waals surface area contributed by atoms with Crippen molar-refractivity contribution in [2.75, 3.05) is 25.5 Å². The van der Waals surface area contributed by atoms with E-state index in [2.05, 4.69) is 22.2 Å². The van der Waals surface area contributed by atoms with Gasteiger partial charge in [-0.1, -0.05) is 19.1 Å². The number of urea groups is 1. The van der Waals surface area contributed by atoms with Crippen LogP contribution in [0.3, 0.4) is 0 Å². The number of aryl methyl sites for hydroxylation is 1. The summed E-state index contributed by atoms with van der Waals surface area (Å²) in [6.07, 6.45) is 6.07. The molecule has 26 heavy (non-hydrogen) atoms. The van der Waals surface area contributed by atoms with Crippen molar-refractivity contribution in [3.63, 3.8) is 0 Å². The molecule has 138 valence electrons. The number of piperidine rings is 1. The molecular weight excluding hydrogens is 332 g/mol. The fraction of sp³-hybridized carbons (Fsp3) is 0.421. The fourth-order valence-electron chi connectivity index (χ4n) is 2.90. The first-order valence-electron chi connectivity index (χ1n) is 8.86. The van der Waals surface area contributed by atoms with Gasteiger partial charge in [0.2, 0.25) is 0 Å². The molecule has 1 saturated heterocycles. The van der Waals surface area contributed by atoms with Gasteiger partial charge in [0.1, 0.15) is 11.9 Å². The first-order valence-corrected chi connectivity index (χ1v) is 8.86. The van der Waals surface area contributed by atoms with E-state index in [0.717, 1.165) is 24.8 Å². The van der Waals surface area contributed by atoms with Gasteiger partial charge in [0.05, 0.1) is 19.3 Å². The van der Waals surface area contributed by atoms with Gasteiger partial charge in [0.25, 0.3) is 0 Å². The normalized spacial score (nSPS) is 16.8. The molecule has 0 radical (unpaired) electrons. The topological polar surface area (TPSA) is 76.6 Å². The zero-order chi connectivity index (χ0) is 18.4. The van der Waals surface area contributed by atoms with E-state index in [1.54, 1.807) is 24.4 Å². The second-order valence-corrected chi connectivity index (χ2v) is 6.19. The average Bonchev–Trinajstić information content (AvgIpc) is 2.69. The summed E-state index contributed by atoms with van der Waals surface area (Å²) in [7, 11) is 1.58. The first kappa shape index (κ1) is 18.0. The van der Waals surface area contributed by atoms with Crippen LogP contribution in [0.5, 0.6) is 11.8 Å². The van der Waals surface area contributed by atoms with E-state index in [4.69, 9.17) is 9.47 Å². The minimum Gasteiger partial charge on any atom is -0.495 e. The van der Waals surface area contributed by atoms with Crippen molar-refractivity contribution in [1.29, 1.82) is 0 Å². The molecule has 3 rings (SSSR count). The summed E-state index contributed by atoms with van der Waals surface area (Å²) in [5.74, 6) is 0.634. The monoisotopic (exact) mass is 356 g/mol. The minimum absolute atomic E-state index is 0.111. The highest BCUT2D eigenvalue weighted by Gasteiger charge is 2.26. The summed E-state index contributed by atoms with van der Waals surface area (Å²) >= 11 is 0. The van der Waals surface area contributed by atoms with E-state index in [1.165, 1.54) is 0 Å². The van der Waals surface area contributed by atoms with Crippen LogP contribution >= 0.6 is 0 Å². The van der Waals surface area contributed by atoms with E-state index in [-0.39, 0.29) is 12.1 Å². The van der Waals surface area contributed by atoms with Crippen LogP contribution in [0.4, 0.5) is 10.5 Å². The maximum atomic E-state index is 12.6. The largest absolute Gasteiger partial charge is 0.495 e. The van der Waals surface area contributed by atoms with E-state index >= 15 is 0 Å². The Morgan fingerprint density at radius 3 is 2.81 bits per heavy atom. The number of carbonyl (C=O) groups is 1. The second kappa shape index (κ2) is 8.51. The number of amides is 2. The number of carbonyl (C=O) groups excluding carboxylic acids is 1. The standard InChI is InChI=1S/C19H24N4O3/c1-3-14-11-20-18(21-12-14)26-15-7-6-10-23(13-15)19(24)22-16-8-4-5-9-17(16)25-2/h4-5,8-9,11-12,15H,3,6-7,10,13H2,1-2H3,(H,22,24). The highest BCUT2D eigenvalue weighted by molar-refractivity contribution is 5.91. The number of anilines is 1. The lowest BCUT2D eigenvalue weighted by molar-refractivity contribution is 0.0982. The minimum atomic E-state index is -0.162. The van der Waals surface area contributed by atoms with Crippen LogP contribution < -0.4 is 14.8 Å². The van der Waals surface area contributed by atoms with Gasteiger partial charge in [-0.2, -0.15) is 0 Å². The second-order valence-electron chi connectivity index (χ2n) is 6.19. The van der Waals surface area contributed by atoms with Gasteiger partial charge in [-0.3, -0.25) is 0 Å². The zero-order valence-corrected chi connectivity index (χ0v) is 15.1. The number of likely N-dealkylation sites (tertiary alicyclic amines) is 1. The van der Waals surface area contributed by atoms with Crippen LogP contribution in [-0.4, -0.2) is 47.2 Å². The van der Waals surface area contributed by atoms with Crippen LogP contribution in [0.2, 0.25) is 0 Å². The highest BCUT2D eigenvalue weighted by Crippen LogP contribution is 2.24. The smallest absolute Gasteiger partial charge is 0.322 e. The summed E-state index contributed by atoms with van der Waals surface area (Å²) in [5.41, 5.74) is 1.72. The number of nitrogens with one attached hydrogen (secondary N) is 1. The van der Waals surface area contributed by atoms with Crippen LogP contribution in [0.25, 0.3) is 0 Å². The molecular formula is C19H24N4O3. The highest BCUT2D eigenvalue weighted by atomic mass is 16.5. The Bertz CT molecular complexity index is 736. The number of nitrogens with zero attached hydrogens (tertiary/aromatic N) is 3. The molecule has 0 saturated carbocycles. The molecule has 2 aromatic rings. The third-order valence-corrected chi connectivity index (χ3v) is 4.38. The maximum Gasteiger partial charge on any atom is 0.322 e. The molecule has 0 aliphatic carbocycles. The Kier molecular flexibility index (Phi) is 5.88. The number of hydrogen-bond acceptors (Lipinski definition) is 5. The van der Waals surface area contributed by atoms with Crippen molar-refractivity contribution < 1.29 is 14.3 Å². The SMILES string of the molecule is CCc1cnc(OC2CCCN(C(=O)Nc3ccccc3OC)C2)nc1. The molecule has 2 heterocycles. The lowest BCUT2D eigenvalue weighted by Crippen LogP contribution is -2.46. The lowest BCUT2D eigenvalue weighted by atomic mass is 10.1. The van der Waals surface area contributed by atoms with Crippen LogP contribution in [0.15, 0.2) is 36.7 Å². The summed E-state index contributed by atoms with van der Waals surface area (Å²) in [6.45, 7) is 3.24. The van der Waals surface area contributed by atoms with Crippen molar-refractivity contribution in [3.8, 4) is 11.8 Å². The Morgan fingerprint density at radius 1 is 1.31 bits per heavy atom. The van der Waals surface area contributed by atoms with Crippen LogP contribution in [-0.2, 0) is 6.42 Å². The van der Waals surface area contributed by atoms with Gasteiger partial charge >= 0.3 is 12.0 Å². The molecule has 7 nitrogen and oxygen atoms in total. The zero-order valence-electron chi connectivity index (χ0n) is 15.1. The Labute approximate surface area is 153 Å². The van der Waals surface area contributed by atoms with Crippen LogP contribution in [0, 0.1) is 0 Å². The summed E-state index contributed by atoms with van der Waals surface area (Å²) in [6, 6.07) is 7.55. The molecule has 0 bridgehead atoms. The summed E-state index contributed by atoms with van der Waals surface area (Å²) in [5, 5.41) is 2.91. The number of para-hydroxylation sites is 2. The van der Waals surface area contributed by atoms with E-state index in [0.29, 0.717) is 30.5 Å². The van der Waals surface area contributed by atoms with Gasteiger partial charge in [0, 0.05) is 18.9 Å². The molecule has 1 atom stereocenters. The number of rotatable bonds is 5. The Morgan fingerprint density at radius 2 is 2.08 bits per heavy atom. The third kappa shape index (κ3) is 4.41. The van der Waals surface area contributed by atoms with Crippen molar-refractivity contribution in [2.45, 2.75) is 32.3 Å². The molecule has 1 aliphatic heterocycles. The number of benzene rings is 1. The van der Waals surface area contributed by atoms with Gasteiger partial charge in [-0.05, 0) is 37.0 Å². The fourth-order valence-corrected chi connectivity index (χ4v) is 2.90. The van der Waals surface area contributed by atoms with Crippen molar-refractivity contribution in [1.82, 2.24) is 14.9 Å². The predicted octanol–water partition coefficient (Wildman–Crippen LogP) is 3.12. The molecule has 1 N–H and O–H groups in total. The molecule has 7 heteroatoms. The predicted molar refractivity (Wildman–Crippen MR) is 98.6 cm³/mol. The average molecular weight is 356 g/mol. The Balaban J connectivity index is 1.59. The molecule has 1 aromatic heterocycles. The van der Waals surface area contributed by atoms with Crippen LogP contribution in [0.1, 0.15) is 25.3 Å². The quantitative estimate of drug-likeness (QED) is 0.891. The third-order valence-electron chi connectivity index (χ3n) is 4.38. The van der Waals surface area contributed by atoms with Gasteiger partial charge in [0.15, 0.2) is 0 Å². The molecule has 0 spiro atoms. The van der Waals surface area contributed by atoms with Crippen molar-refractivity contribution in [2.24, 2.45) is 0 Å². The molecule has 1 aliphatic rings. The lowest BCUT2D eigenvalue weighted by Gasteiger charge is -2.32. The summed E-state index contributed by atoms with van der Waals surface area (Å²) in [4.78, 5) is 22.8. The van der Waals surface area contributed by atoms with E-state index in [9.17, 15) is 4.79 Å². The molecule has 2 amide bonds. The summed E-state index contributed by atoms with van der Waals surface area (Å²) < 4.78 is 11.1. The van der Waals surface area contributed by atoms with E-state index < -0.39 is 0 Å². The van der Waals surface area contributed by atoms with Gasteiger partial charge < -0.3 is 19.7 Å².